The van der Waals surface area contributed by atoms with Crippen molar-refractivity contribution in [1.82, 2.24) is 0 Å². The van der Waals surface area contributed by atoms with E-state index in [1.54, 1.807) is 48.5 Å². The summed E-state index contributed by atoms with van der Waals surface area (Å²) in [6.07, 6.45) is 1.42. The number of halogens is 5. The van der Waals surface area contributed by atoms with E-state index in [0.717, 1.165) is 5.56 Å². The molecular formula is C24H15BrCl4N2O3. The highest BCUT2D eigenvalue weighted by Crippen LogP contribution is 2.38. The van der Waals surface area contributed by atoms with E-state index in [0.29, 0.717) is 37.3 Å². The maximum atomic E-state index is 12.6. The molecule has 174 valence electrons. The predicted molar refractivity (Wildman–Crippen MR) is 140 cm³/mol. The second kappa shape index (κ2) is 11.8. The standard InChI is InChI=1S/C24H15BrCl4N2O3/c1-33-21-9-13(7-15(11-30)24(32)31-20-4-2-3-18(27)22(20)29)8-17(25)23(21)34-12-14-5-6-16(26)10-19(14)28/h2-10H,12H2,1H3,(H,31,32)/b15-7-. The zero-order valence-electron chi connectivity index (χ0n) is 17.5. The van der Waals surface area contributed by atoms with E-state index in [4.69, 9.17) is 55.9 Å². The summed E-state index contributed by atoms with van der Waals surface area (Å²) in [7, 11) is 1.48. The van der Waals surface area contributed by atoms with Crippen LogP contribution in [0.5, 0.6) is 11.5 Å². The molecule has 0 fully saturated rings. The number of anilines is 1. The Morgan fingerprint density at radius 3 is 2.56 bits per heavy atom. The van der Waals surface area contributed by atoms with Crippen LogP contribution in [-0.4, -0.2) is 13.0 Å². The summed E-state index contributed by atoms with van der Waals surface area (Å²) in [6.45, 7) is 0.173. The normalized spacial score (nSPS) is 11.0. The zero-order valence-corrected chi connectivity index (χ0v) is 22.1. The third-order valence-electron chi connectivity index (χ3n) is 4.51. The number of hydrogen-bond donors (Lipinski definition) is 1. The smallest absolute Gasteiger partial charge is 0.266 e. The van der Waals surface area contributed by atoms with Crippen molar-refractivity contribution < 1.29 is 14.3 Å². The summed E-state index contributed by atoms with van der Waals surface area (Å²) in [6, 6.07) is 15.2. The summed E-state index contributed by atoms with van der Waals surface area (Å²) < 4.78 is 11.9. The summed E-state index contributed by atoms with van der Waals surface area (Å²) >= 11 is 27.7. The molecule has 3 rings (SSSR count). The number of methoxy groups -OCH3 is 1. The van der Waals surface area contributed by atoms with Gasteiger partial charge in [-0.05, 0) is 64.0 Å². The Balaban J connectivity index is 1.84. The van der Waals surface area contributed by atoms with Gasteiger partial charge in [-0.3, -0.25) is 4.79 Å². The van der Waals surface area contributed by atoms with Gasteiger partial charge in [0.1, 0.15) is 18.2 Å². The molecule has 1 amide bonds. The minimum Gasteiger partial charge on any atom is -0.493 e. The van der Waals surface area contributed by atoms with Crippen molar-refractivity contribution in [3.8, 4) is 17.6 Å². The molecule has 0 saturated heterocycles. The number of hydrogen-bond acceptors (Lipinski definition) is 4. The molecule has 0 aliphatic carbocycles. The predicted octanol–water partition coefficient (Wildman–Crippen LogP) is 8.20. The number of nitriles is 1. The van der Waals surface area contributed by atoms with Gasteiger partial charge in [0.2, 0.25) is 0 Å². The first kappa shape index (κ1) is 26.2. The first-order chi connectivity index (χ1) is 16.2. The maximum Gasteiger partial charge on any atom is 0.266 e. The van der Waals surface area contributed by atoms with Crippen molar-refractivity contribution in [3.63, 3.8) is 0 Å². The van der Waals surface area contributed by atoms with E-state index in [1.807, 2.05) is 6.07 Å². The Bertz CT molecular complexity index is 1320. The molecule has 0 aromatic heterocycles. The van der Waals surface area contributed by atoms with Crippen molar-refractivity contribution in [2.45, 2.75) is 6.61 Å². The fourth-order valence-electron chi connectivity index (χ4n) is 2.86. The molecule has 3 aromatic carbocycles. The number of carbonyl (C=O) groups excluding carboxylic acids is 1. The molecule has 0 radical (unpaired) electrons. The van der Waals surface area contributed by atoms with Crippen LogP contribution in [0, 0.1) is 11.3 Å². The molecule has 0 saturated carbocycles. The van der Waals surface area contributed by atoms with Crippen molar-refractivity contribution in [1.29, 1.82) is 5.26 Å². The number of nitrogens with zero attached hydrogens (tertiary/aromatic N) is 1. The highest BCUT2D eigenvalue weighted by atomic mass is 79.9. The number of rotatable bonds is 7. The van der Waals surface area contributed by atoms with Crippen LogP contribution in [0.25, 0.3) is 6.08 Å². The average molecular weight is 601 g/mol. The fraction of sp³-hybridized carbons (Fsp3) is 0.0833. The first-order valence-corrected chi connectivity index (χ1v) is 11.9. The first-order valence-electron chi connectivity index (χ1n) is 9.55. The van der Waals surface area contributed by atoms with Gasteiger partial charge in [0.15, 0.2) is 11.5 Å². The van der Waals surface area contributed by atoms with E-state index >= 15 is 0 Å². The van der Waals surface area contributed by atoms with Crippen LogP contribution in [0.1, 0.15) is 11.1 Å². The molecule has 34 heavy (non-hydrogen) atoms. The van der Waals surface area contributed by atoms with Gasteiger partial charge in [0.05, 0.1) is 27.3 Å². The lowest BCUT2D eigenvalue weighted by Gasteiger charge is -2.14. The molecule has 10 heteroatoms. The molecule has 0 unspecified atom stereocenters. The lowest BCUT2D eigenvalue weighted by Crippen LogP contribution is -2.13. The van der Waals surface area contributed by atoms with Gasteiger partial charge in [0.25, 0.3) is 5.91 Å². The second-order valence-corrected chi connectivity index (χ2v) is 9.27. The Hall–Kier alpha value is -2.40. The molecule has 0 bridgehead atoms. The Kier molecular flexibility index (Phi) is 9.12. The zero-order chi connectivity index (χ0) is 24.8. The van der Waals surface area contributed by atoms with Crippen LogP contribution in [0.3, 0.4) is 0 Å². The number of nitrogens with one attached hydrogen (secondary N) is 1. The van der Waals surface area contributed by atoms with Gasteiger partial charge < -0.3 is 14.8 Å². The van der Waals surface area contributed by atoms with Crippen LogP contribution in [-0.2, 0) is 11.4 Å². The van der Waals surface area contributed by atoms with Gasteiger partial charge >= 0.3 is 0 Å². The van der Waals surface area contributed by atoms with E-state index < -0.39 is 5.91 Å². The summed E-state index contributed by atoms with van der Waals surface area (Å²) in [5.74, 6) is 0.181. The summed E-state index contributed by atoms with van der Waals surface area (Å²) in [5, 5.41) is 13.6. The Morgan fingerprint density at radius 1 is 1.12 bits per heavy atom. The van der Waals surface area contributed by atoms with E-state index in [9.17, 15) is 10.1 Å². The van der Waals surface area contributed by atoms with Gasteiger partial charge in [-0.25, -0.2) is 0 Å². The number of ether oxygens (including phenoxy) is 2. The molecule has 0 aliphatic rings. The topological polar surface area (TPSA) is 71.3 Å². The number of carbonyl (C=O) groups is 1. The minimum atomic E-state index is -0.639. The van der Waals surface area contributed by atoms with E-state index in [-0.39, 0.29) is 22.2 Å². The summed E-state index contributed by atoms with van der Waals surface area (Å²) in [4.78, 5) is 12.6. The molecular weight excluding hydrogens is 586 g/mol. The molecule has 0 spiro atoms. The van der Waals surface area contributed by atoms with E-state index in [1.165, 1.54) is 13.2 Å². The molecule has 0 aliphatic heterocycles. The SMILES string of the molecule is COc1cc(/C=C(/C#N)C(=O)Nc2cccc(Cl)c2Cl)cc(Br)c1OCc1ccc(Cl)cc1Cl. The van der Waals surface area contributed by atoms with Crippen molar-refractivity contribution >= 4 is 80.0 Å². The third-order valence-corrected chi connectivity index (χ3v) is 6.51. The van der Waals surface area contributed by atoms with Crippen molar-refractivity contribution in [3.05, 3.63) is 89.8 Å². The highest BCUT2D eigenvalue weighted by molar-refractivity contribution is 9.10. The van der Waals surface area contributed by atoms with Crippen LogP contribution < -0.4 is 14.8 Å². The number of benzene rings is 3. The average Bonchev–Trinajstić information content (AvgIpc) is 2.80. The molecule has 3 aromatic rings. The minimum absolute atomic E-state index is 0.147. The van der Waals surface area contributed by atoms with Crippen LogP contribution in [0.2, 0.25) is 20.1 Å². The van der Waals surface area contributed by atoms with Crippen molar-refractivity contribution in [2.75, 3.05) is 12.4 Å². The van der Waals surface area contributed by atoms with Crippen LogP contribution in [0.4, 0.5) is 5.69 Å². The lowest BCUT2D eigenvalue weighted by molar-refractivity contribution is -0.112. The maximum absolute atomic E-state index is 12.6. The van der Waals surface area contributed by atoms with Crippen LogP contribution >= 0.6 is 62.3 Å². The largest absolute Gasteiger partial charge is 0.493 e. The second-order valence-electron chi connectivity index (χ2n) is 6.78. The molecule has 0 heterocycles. The quantitative estimate of drug-likeness (QED) is 0.219. The van der Waals surface area contributed by atoms with Crippen LogP contribution in [0.15, 0.2) is 58.6 Å². The molecule has 5 nitrogen and oxygen atoms in total. The highest BCUT2D eigenvalue weighted by Gasteiger charge is 2.16. The summed E-state index contributed by atoms with van der Waals surface area (Å²) in [5.41, 5.74) is 1.42. The Labute approximate surface area is 224 Å². The lowest BCUT2D eigenvalue weighted by atomic mass is 10.1. The monoisotopic (exact) mass is 598 g/mol. The Morgan fingerprint density at radius 2 is 1.88 bits per heavy atom. The van der Waals surface area contributed by atoms with Gasteiger partial charge in [-0.2, -0.15) is 5.26 Å². The van der Waals surface area contributed by atoms with Crippen molar-refractivity contribution in [2.24, 2.45) is 0 Å². The third kappa shape index (κ3) is 6.38. The van der Waals surface area contributed by atoms with Gasteiger partial charge in [-0.1, -0.05) is 58.5 Å². The molecule has 0 atom stereocenters. The number of amides is 1. The fourth-order valence-corrected chi connectivity index (χ4v) is 4.24. The van der Waals surface area contributed by atoms with E-state index in [2.05, 4.69) is 21.2 Å². The van der Waals surface area contributed by atoms with Gasteiger partial charge in [0, 0.05) is 15.6 Å². The van der Waals surface area contributed by atoms with Gasteiger partial charge in [-0.15, -0.1) is 0 Å². The molecule has 1 N–H and O–H groups in total.